The molecule has 0 aliphatic carbocycles. The maximum absolute atomic E-state index is 12.1. The van der Waals surface area contributed by atoms with Crippen LogP contribution in [0.2, 0.25) is 0 Å². The summed E-state index contributed by atoms with van der Waals surface area (Å²) < 4.78 is 0. The van der Waals surface area contributed by atoms with Crippen LogP contribution < -0.4 is 5.32 Å². The van der Waals surface area contributed by atoms with Gasteiger partial charge in [0.1, 0.15) is 5.69 Å². The summed E-state index contributed by atoms with van der Waals surface area (Å²) in [5.74, 6) is 0.317. The summed E-state index contributed by atoms with van der Waals surface area (Å²) in [6.07, 6.45) is 0. The van der Waals surface area contributed by atoms with Crippen LogP contribution in [0.15, 0.2) is 42.5 Å². The Bertz CT molecular complexity index is 591. The summed E-state index contributed by atoms with van der Waals surface area (Å²) in [6, 6.07) is 13.7. The number of carbonyl (C=O) groups excluding carboxylic acids is 1. The van der Waals surface area contributed by atoms with Crippen molar-refractivity contribution in [2.45, 2.75) is 20.8 Å². The molecular weight excluding hydrogens is 248 g/mol. The molecule has 1 aromatic heterocycles. The van der Waals surface area contributed by atoms with Crippen LogP contribution in [-0.2, 0) is 0 Å². The van der Waals surface area contributed by atoms with E-state index in [9.17, 15) is 4.79 Å². The third-order valence-corrected chi connectivity index (χ3v) is 2.94. The summed E-state index contributed by atoms with van der Waals surface area (Å²) in [5, 5.41) is 2.90. The molecule has 0 aliphatic rings. The first kappa shape index (κ1) is 14.3. The molecule has 0 bridgehead atoms. The van der Waals surface area contributed by atoms with E-state index in [1.54, 1.807) is 0 Å². The monoisotopic (exact) mass is 268 g/mol. The lowest BCUT2D eigenvalue weighted by Crippen LogP contribution is -2.28. The Morgan fingerprint density at radius 1 is 1.20 bits per heavy atom. The van der Waals surface area contributed by atoms with Gasteiger partial charge in [-0.2, -0.15) is 0 Å². The van der Waals surface area contributed by atoms with Gasteiger partial charge in [0, 0.05) is 12.1 Å². The summed E-state index contributed by atoms with van der Waals surface area (Å²) in [5.41, 5.74) is 3.37. The molecule has 0 unspecified atom stereocenters. The number of carbonyl (C=O) groups is 1. The zero-order valence-electron chi connectivity index (χ0n) is 12.2. The van der Waals surface area contributed by atoms with Crippen molar-refractivity contribution < 1.29 is 4.79 Å². The van der Waals surface area contributed by atoms with Crippen LogP contribution in [0.4, 0.5) is 0 Å². The molecule has 0 spiro atoms. The lowest BCUT2D eigenvalue weighted by atomic mass is 10.1. The average Bonchev–Trinajstić information content (AvgIpc) is 2.45. The highest BCUT2D eigenvalue weighted by Crippen LogP contribution is 2.18. The van der Waals surface area contributed by atoms with Gasteiger partial charge in [-0.25, -0.2) is 4.98 Å². The fourth-order valence-corrected chi connectivity index (χ4v) is 1.93. The number of rotatable bonds is 4. The Balaban J connectivity index is 2.27. The highest BCUT2D eigenvalue weighted by atomic mass is 16.1. The minimum atomic E-state index is -0.111. The number of hydrogen-bond acceptors (Lipinski definition) is 2. The normalized spacial score (nSPS) is 10.6. The maximum atomic E-state index is 12.1. The molecule has 20 heavy (non-hydrogen) atoms. The van der Waals surface area contributed by atoms with Crippen LogP contribution >= 0.6 is 0 Å². The van der Waals surface area contributed by atoms with E-state index >= 15 is 0 Å². The second-order valence-electron chi connectivity index (χ2n) is 5.38. The molecule has 1 aromatic carbocycles. The summed E-state index contributed by atoms with van der Waals surface area (Å²) in [7, 11) is 0. The fraction of sp³-hybridized carbons (Fsp3) is 0.294. The predicted octanol–water partition coefficient (Wildman–Crippen LogP) is 3.44. The Morgan fingerprint density at radius 3 is 2.55 bits per heavy atom. The number of aryl methyl sites for hydroxylation is 1. The fourth-order valence-electron chi connectivity index (χ4n) is 1.93. The molecular formula is C17H20N2O. The van der Waals surface area contributed by atoms with Gasteiger partial charge in [-0.1, -0.05) is 44.2 Å². The smallest absolute Gasteiger partial charge is 0.269 e. The predicted molar refractivity (Wildman–Crippen MR) is 81.6 cm³/mol. The second-order valence-corrected chi connectivity index (χ2v) is 5.38. The summed E-state index contributed by atoms with van der Waals surface area (Å²) in [4.78, 5) is 16.6. The van der Waals surface area contributed by atoms with E-state index in [4.69, 9.17) is 0 Å². The standard InChI is InChI=1S/C17H20N2O/c1-12(2)11-18-17(20)16-10-13(3)9-15(19-16)14-7-5-4-6-8-14/h4-10,12H,11H2,1-3H3,(H,18,20). The minimum absolute atomic E-state index is 0.111. The Labute approximate surface area is 120 Å². The number of pyridine rings is 1. The van der Waals surface area contributed by atoms with Crippen LogP contribution in [0.5, 0.6) is 0 Å². The molecule has 2 aromatic rings. The number of aromatic nitrogens is 1. The number of amides is 1. The SMILES string of the molecule is Cc1cc(C(=O)NCC(C)C)nc(-c2ccccc2)c1. The second kappa shape index (κ2) is 6.33. The van der Waals surface area contributed by atoms with E-state index in [1.165, 1.54) is 0 Å². The van der Waals surface area contributed by atoms with E-state index in [0.717, 1.165) is 16.8 Å². The average molecular weight is 268 g/mol. The zero-order chi connectivity index (χ0) is 14.5. The van der Waals surface area contributed by atoms with E-state index in [0.29, 0.717) is 18.2 Å². The van der Waals surface area contributed by atoms with E-state index in [-0.39, 0.29) is 5.91 Å². The molecule has 0 saturated carbocycles. The topological polar surface area (TPSA) is 42.0 Å². The van der Waals surface area contributed by atoms with Gasteiger partial charge in [-0.3, -0.25) is 4.79 Å². The molecule has 0 fully saturated rings. The molecule has 0 radical (unpaired) electrons. The van der Waals surface area contributed by atoms with Crippen molar-refractivity contribution in [3.63, 3.8) is 0 Å². The lowest BCUT2D eigenvalue weighted by Gasteiger charge is -2.09. The first-order valence-corrected chi connectivity index (χ1v) is 6.88. The third-order valence-electron chi connectivity index (χ3n) is 2.94. The number of nitrogens with one attached hydrogen (secondary N) is 1. The molecule has 0 aliphatic heterocycles. The van der Waals surface area contributed by atoms with Crippen molar-refractivity contribution in [2.24, 2.45) is 5.92 Å². The third kappa shape index (κ3) is 3.67. The van der Waals surface area contributed by atoms with Crippen LogP contribution in [0.1, 0.15) is 29.9 Å². The lowest BCUT2D eigenvalue weighted by molar-refractivity contribution is 0.0944. The Hall–Kier alpha value is -2.16. The van der Waals surface area contributed by atoms with Gasteiger partial charge < -0.3 is 5.32 Å². The highest BCUT2D eigenvalue weighted by Gasteiger charge is 2.10. The maximum Gasteiger partial charge on any atom is 0.269 e. The summed E-state index contributed by atoms with van der Waals surface area (Å²) >= 11 is 0. The quantitative estimate of drug-likeness (QED) is 0.923. The van der Waals surface area contributed by atoms with Gasteiger partial charge in [0.25, 0.3) is 5.91 Å². The number of nitrogens with zero attached hydrogens (tertiary/aromatic N) is 1. The van der Waals surface area contributed by atoms with Crippen molar-refractivity contribution in [3.8, 4) is 11.3 Å². The Morgan fingerprint density at radius 2 is 1.90 bits per heavy atom. The molecule has 104 valence electrons. The largest absolute Gasteiger partial charge is 0.350 e. The van der Waals surface area contributed by atoms with E-state index in [1.807, 2.05) is 49.4 Å². The van der Waals surface area contributed by atoms with Gasteiger partial charge in [-0.05, 0) is 30.5 Å². The molecule has 3 heteroatoms. The van der Waals surface area contributed by atoms with Crippen molar-refractivity contribution in [2.75, 3.05) is 6.54 Å². The molecule has 0 atom stereocenters. The molecule has 1 amide bonds. The zero-order valence-corrected chi connectivity index (χ0v) is 12.2. The van der Waals surface area contributed by atoms with Crippen LogP contribution in [-0.4, -0.2) is 17.4 Å². The molecule has 1 N–H and O–H groups in total. The molecule has 3 nitrogen and oxygen atoms in total. The Kier molecular flexibility index (Phi) is 4.51. The first-order chi connectivity index (χ1) is 9.56. The minimum Gasteiger partial charge on any atom is -0.350 e. The van der Waals surface area contributed by atoms with Gasteiger partial charge in [0.2, 0.25) is 0 Å². The van der Waals surface area contributed by atoms with Crippen LogP contribution in [0, 0.1) is 12.8 Å². The van der Waals surface area contributed by atoms with Crippen molar-refractivity contribution in [1.29, 1.82) is 0 Å². The van der Waals surface area contributed by atoms with Gasteiger partial charge in [0.15, 0.2) is 0 Å². The molecule has 0 saturated heterocycles. The van der Waals surface area contributed by atoms with Crippen LogP contribution in [0.25, 0.3) is 11.3 Å². The van der Waals surface area contributed by atoms with E-state index < -0.39 is 0 Å². The van der Waals surface area contributed by atoms with Gasteiger partial charge >= 0.3 is 0 Å². The molecule has 1 heterocycles. The molecule has 2 rings (SSSR count). The summed E-state index contributed by atoms with van der Waals surface area (Å²) in [6.45, 7) is 6.78. The van der Waals surface area contributed by atoms with Crippen molar-refractivity contribution >= 4 is 5.91 Å². The highest BCUT2D eigenvalue weighted by molar-refractivity contribution is 5.93. The van der Waals surface area contributed by atoms with Crippen molar-refractivity contribution in [1.82, 2.24) is 10.3 Å². The van der Waals surface area contributed by atoms with Crippen molar-refractivity contribution in [3.05, 3.63) is 53.7 Å². The van der Waals surface area contributed by atoms with Crippen LogP contribution in [0.3, 0.4) is 0 Å². The van der Waals surface area contributed by atoms with Gasteiger partial charge in [-0.15, -0.1) is 0 Å². The number of hydrogen-bond donors (Lipinski definition) is 1. The van der Waals surface area contributed by atoms with E-state index in [2.05, 4.69) is 24.1 Å². The van der Waals surface area contributed by atoms with Gasteiger partial charge in [0.05, 0.1) is 5.69 Å². The first-order valence-electron chi connectivity index (χ1n) is 6.88. The number of benzene rings is 1.